The number of nitrogen functional groups attached to an aromatic ring is 1. The van der Waals surface area contributed by atoms with Crippen molar-refractivity contribution in [2.24, 2.45) is 0 Å². The van der Waals surface area contributed by atoms with Crippen LogP contribution in [0.15, 0.2) is 12.1 Å². The zero-order valence-electron chi connectivity index (χ0n) is 12.3. The Bertz CT molecular complexity index is 497. The van der Waals surface area contributed by atoms with Gasteiger partial charge in [-0.25, -0.2) is 4.98 Å². The van der Waals surface area contributed by atoms with E-state index in [0.717, 1.165) is 50.4 Å². The monoisotopic (exact) mass is 292 g/mol. The van der Waals surface area contributed by atoms with Crippen molar-refractivity contribution in [3.8, 4) is 0 Å². The van der Waals surface area contributed by atoms with Crippen LogP contribution in [0.3, 0.4) is 0 Å². The summed E-state index contributed by atoms with van der Waals surface area (Å²) < 4.78 is 0. The predicted octanol–water partition coefficient (Wildman–Crippen LogP) is 0.586. The molecule has 0 bridgehead atoms. The van der Waals surface area contributed by atoms with Crippen molar-refractivity contribution in [2.45, 2.75) is 37.8 Å². The van der Waals surface area contributed by atoms with Gasteiger partial charge >= 0.3 is 0 Å². The second-order valence-corrected chi connectivity index (χ2v) is 5.93. The number of aromatic nitrogens is 1. The Labute approximate surface area is 125 Å². The lowest BCUT2D eigenvalue weighted by Gasteiger charge is -2.29. The van der Waals surface area contributed by atoms with Crippen molar-refractivity contribution in [3.05, 3.63) is 12.1 Å². The van der Waals surface area contributed by atoms with Gasteiger partial charge in [-0.2, -0.15) is 0 Å². The summed E-state index contributed by atoms with van der Waals surface area (Å²) in [5.74, 6) is 1.65. The number of nitrogens with zero attached hydrogens (tertiary/aromatic N) is 3. The molecule has 116 valence electrons. The molecule has 3 heterocycles. The normalized spacial score (nSPS) is 25.8. The molecule has 6 nitrogen and oxygen atoms in total. The van der Waals surface area contributed by atoms with Crippen LogP contribution >= 0.6 is 0 Å². The molecule has 0 spiro atoms. The van der Waals surface area contributed by atoms with E-state index in [1.165, 1.54) is 0 Å². The van der Waals surface area contributed by atoms with E-state index in [2.05, 4.69) is 9.80 Å². The summed E-state index contributed by atoms with van der Waals surface area (Å²) in [5.41, 5.74) is 6.75. The van der Waals surface area contributed by atoms with Gasteiger partial charge in [0.1, 0.15) is 5.82 Å². The molecule has 1 aromatic heterocycles. The van der Waals surface area contributed by atoms with Gasteiger partial charge in [-0.05, 0) is 37.8 Å². The van der Waals surface area contributed by atoms with E-state index in [-0.39, 0.29) is 25.3 Å². The molecule has 0 aliphatic carbocycles. The van der Waals surface area contributed by atoms with Crippen LogP contribution in [-0.2, 0) is 0 Å². The SMILES string of the molecule is Nc1ccc(N2CCCC2CO)nc1N1CCCC1CO. The Hall–Kier alpha value is -1.53. The van der Waals surface area contributed by atoms with Crippen LogP contribution in [0.4, 0.5) is 17.3 Å². The molecule has 2 saturated heterocycles. The molecule has 0 aromatic carbocycles. The van der Waals surface area contributed by atoms with E-state index < -0.39 is 0 Å². The van der Waals surface area contributed by atoms with E-state index in [0.29, 0.717) is 5.69 Å². The first kappa shape index (κ1) is 14.4. The fourth-order valence-electron chi connectivity index (χ4n) is 3.47. The van der Waals surface area contributed by atoms with Crippen LogP contribution in [0.1, 0.15) is 25.7 Å². The van der Waals surface area contributed by atoms with Crippen LogP contribution < -0.4 is 15.5 Å². The van der Waals surface area contributed by atoms with E-state index in [1.807, 2.05) is 12.1 Å². The highest BCUT2D eigenvalue weighted by Gasteiger charge is 2.29. The Morgan fingerprint density at radius 2 is 1.67 bits per heavy atom. The molecular formula is C15H24N4O2. The third-order valence-corrected chi connectivity index (χ3v) is 4.63. The average Bonchev–Trinajstić information content (AvgIpc) is 3.16. The fourth-order valence-corrected chi connectivity index (χ4v) is 3.47. The maximum absolute atomic E-state index is 9.50. The van der Waals surface area contributed by atoms with Crippen molar-refractivity contribution >= 4 is 17.3 Å². The molecule has 2 aliphatic rings. The lowest BCUT2D eigenvalue weighted by Crippen LogP contribution is -2.35. The Morgan fingerprint density at radius 1 is 1.05 bits per heavy atom. The van der Waals surface area contributed by atoms with Gasteiger partial charge in [0.2, 0.25) is 0 Å². The zero-order chi connectivity index (χ0) is 14.8. The number of anilines is 3. The van der Waals surface area contributed by atoms with Gasteiger partial charge in [-0.3, -0.25) is 0 Å². The van der Waals surface area contributed by atoms with Crippen LogP contribution in [0.5, 0.6) is 0 Å². The average molecular weight is 292 g/mol. The summed E-state index contributed by atoms with van der Waals surface area (Å²) in [5, 5.41) is 19.0. The Kier molecular flexibility index (Phi) is 4.17. The fraction of sp³-hybridized carbons (Fsp3) is 0.667. The van der Waals surface area contributed by atoms with Crippen LogP contribution in [0.2, 0.25) is 0 Å². The van der Waals surface area contributed by atoms with Gasteiger partial charge in [0.05, 0.1) is 31.0 Å². The summed E-state index contributed by atoms with van der Waals surface area (Å²) in [6, 6.07) is 4.08. The second-order valence-electron chi connectivity index (χ2n) is 5.93. The molecular weight excluding hydrogens is 268 g/mol. The third-order valence-electron chi connectivity index (χ3n) is 4.63. The second kappa shape index (κ2) is 6.07. The molecule has 4 N–H and O–H groups in total. The smallest absolute Gasteiger partial charge is 0.154 e. The largest absolute Gasteiger partial charge is 0.396 e. The van der Waals surface area contributed by atoms with Crippen molar-refractivity contribution in [1.82, 2.24) is 4.98 Å². The van der Waals surface area contributed by atoms with Crippen molar-refractivity contribution in [3.63, 3.8) is 0 Å². The first-order valence-electron chi connectivity index (χ1n) is 7.76. The Morgan fingerprint density at radius 3 is 2.33 bits per heavy atom. The van der Waals surface area contributed by atoms with Crippen molar-refractivity contribution in [2.75, 3.05) is 41.8 Å². The number of hydrogen-bond donors (Lipinski definition) is 3. The number of pyridine rings is 1. The molecule has 2 aliphatic heterocycles. The maximum atomic E-state index is 9.50. The zero-order valence-corrected chi connectivity index (χ0v) is 12.3. The molecule has 2 atom stereocenters. The number of rotatable bonds is 4. The highest BCUT2D eigenvalue weighted by atomic mass is 16.3. The molecule has 2 fully saturated rings. The lowest BCUT2D eigenvalue weighted by molar-refractivity contribution is 0.265. The molecule has 1 aromatic rings. The molecule has 21 heavy (non-hydrogen) atoms. The standard InChI is InChI=1S/C15H24N4O2/c16-13-5-6-14(18-7-1-3-11(18)9-20)17-15(13)19-8-2-4-12(19)10-21/h5-6,11-12,20-21H,1-4,7-10,16H2. The van der Waals surface area contributed by atoms with Crippen molar-refractivity contribution < 1.29 is 10.2 Å². The van der Waals surface area contributed by atoms with Crippen LogP contribution in [0, 0.1) is 0 Å². The van der Waals surface area contributed by atoms with Gasteiger partial charge in [-0.1, -0.05) is 0 Å². The highest BCUT2D eigenvalue weighted by molar-refractivity contribution is 5.67. The molecule has 0 saturated carbocycles. The summed E-state index contributed by atoms with van der Waals surface area (Å²) >= 11 is 0. The third kappa shape index (κ3) is 2.65. The topological polar surface area (TPSA) is 85.8 Å². The molecule has 0 radical (unpaired) electrons. The maximum Gasteiger partial charge on any atom is 0.154 e. The van der Waals surface area contributed by atoms with Crippen LogP contribution in [0.25, 0.3) is 0 Å². The number of nitrogens with two attached hydrogens (primary N) is 1. The van der Waals surface area contributed by atoms with Gasteiger partial charge < -0.3 is 25.7 Å². The van der Waals surface area contributed by atoms with Crippen molar-refractivity contribution in [1.29, 1.82) is 0 Å². The Balaban J connectivity index is 1.89. The van der Waals surface area contributed by atoms with Gasteiger partial charge in [0.15, 0.2) is 5.82 Å². The molecule has 3 rings (SSSR count). The lowest BCUT2D eigenvalue weighted by atomic mass is 10.2. The first-order chi connectivity index (χ1) is 10.2. The molecule has 6 heteroatoms. The minimum Gasteiger partial charge on any atom is -0.396 e. The molecule has 2 unspecified atom stereocenters. The van der Waals surface area contributed by atoms with E-state index in [9.17, 15) is 10.2 Å². The minimum atomic E-state index is 0.113. The number of aliphatic hydroxyl groups excluding tert-OH is 2. The minimum absolute atomic E-state index is 0.113. The quantitative estimate of drug-likeness (QED) is 0.753. The number of hydrogen-bond acceptors (Lipinski definition) is 6. The van der Waals surface area contributed by atoms with Gasteiger partial charge in [0, 0.05) is 13.1 Å². The van der Waals surface area contributed by atoms with Gasteiger partial charge in [-0.15, -0.1) is 0 Å². The van der Waals surface area contributed by atoms with Crippen LogP contribution in [-0.4, -0.2) is 53.6 Å². The summed E-state index contributed by atoms with van der Waals surface area (Å²) in [6.45, 7) is 2.10. The molecule has 0 amide bonds. The van der Waals surface area contributed by atoms with E-state index in [1.54, 1.807) is 0 Å². The summed E-state index contributed by atoms with van der Waals surface area (Å²) in [6.07, 6.45) is 4.11. The van der Waals surface area contributed by atoms with E-state index >= 15 is 0 Å². The highest BCUT2D eigenvalue weighted by Crippen LogP contribution is 2.32. The number of aliphatic hydroxyl groups is 2. The predicted molar refractivity (Wildman–Crippen MR) is 83.6 cm³/mol. The van der Waals surface area contributed by atoms with E-state index in [4.69, 9.17) is 10.7 Å². The first-order valence-corrected chi connectivity index (χ1v) is 7.76. The summed E-state index contributed by atoms with van der Waals surface area (Å²) in [7, 11) is 0. The van der Waals surface area contributed by atoms with Gasteiger partial charge in [0.25, 0.3) is 0 Å². The summed E-state index contributed by atoms with van der Waals surface area (Å²) in [4.78, 5) is 9.01.